The predicted molar refractivity (Wildman–Crippen MR) is 92.7 cm³/mol. The second kappa shape index (κ2) is 7.73. The summed E-state index contributed by atoms with van der Waals surface area (Å²) >= 11 is 0. The highest BCUT2D eigenvalue weighted by Gasteiger charge is 2.18. The molecule has 0 aliphatic carbocycles. The van der Waals surface area contributed by atoms with Gasteiger partial charge in [-0.05, 0) is 45.4 Å². The van der Waals surface area contributed by atoms with Crippen LogP contribution in [0.1, 0.15) is 42.3 Å². The van der Waals surface area contributed by atoms with Gasteiger partial charge in [0.2, 0.25) is 0 Å². The maximum atomic E-state index is 11.8. The molecule has 0 bridgehead atoms. The van der Waals surface area contributed by atoms with Gasteiger partial charge in [-0.2, -0.15) is 0 Å². The molecule has 24 heavy (non-hydrogen) atoms. The normalized spacial score (nSPS) is 10.4. The predicted octanol–water partition coefficient (Wildman–Crippen LogP) is 2.58. The first-order valence-electron chi connectivity index (χ1n) is 7.46. The Balaban J connectivity index is 2.85. The summed E-state index contributed by atoms with van der Waals surface area (Å²) in [6, 6.07) is 3.27. The minimum absolute atomic E-state index is 0.201. The molecule has 0 unspecified atom stereocenters. The Bertz CT molecular complexity index is 693. The van der Waals surface area contributed by atoms with Crippen molar-refractivity contribution in [2.24, 2.45) is 0 Å². The SMILES string of the molecule is COC(=O)c1cc(N)c(C#CCN(C)C(=O)OC(C)(C)C)cc1C. The first-order chi connectivity index (χ1) is 11.0. The largest absolute Gasteiger partial charge is 0.465 e. The molecule has 1 aromatic rings. The number of nitrogens with two attached hydrogens (primary N) is 1. The number of nitrogens with zero attached hydrogens (tertiary/aromatic N) is 1. The van der Waals surface area contributed by atoms with Gasteiger partial charge in [-0.25, -0.2) is 9.59 Å². The van der Waals surface area contributed by atoms with E-state index in [1.807, 2.05) is 0 Å². The van der Waals surface area contributed by atoms with Gasteiger partial charge in [-0.3, -0.25) is 0 Å². The molecule has 1 rings (SSSR count). The fraction of sp³-hybridized carbons (Fsp3) is 0.444. The zero-order valence-corrected chi connectivity index (χ0v) is 15.0. The van der Waals surface area contributed by atoms with Gasteiger partial charge >= 0.3 is 12.1 Å². The lowest BCUT2D eigenvalue weighted by Crippen LogP contribution is -2.34. The molecule has 0 aliphatic rings. The van der Waals surface area contributed by atoms with Gasteiger partial charge in [-0.1, -0.05) is 11.8 Å². The summed E-state index contributed by atoms with van der Waals surface area (Å²) in [5.41, 5.74) is 7.49. The second-order valence-electron chi connectivity index (χ2n) is 6.38. The number of methoxy groups -OCH3 is 1. The minimum Gasteiger partial charge on any atom is -0.465 e. The third kappa shape index (κ3) is 5.51. The van der Waals surface area contributed by atoms with Crippen LogP contribution in [-0.2, 0) is 9.47 Å². The quantitative estimate of drug-likeness (QED) is 0.511. The molecule has 0 saturated heterocycles. The van der Waals surface area contributed by atoms with Crippen molar-refractivity contribution >= 4 is 17.7 Å². The van der Waals surface area contributed by atoms with Crippen molar-refractivity contribution in [2.75, 3.05) is 26.4 Å². The van der Waals surface area contributed by atoms with Crippen molar-refractivity contribution in [1.82, 2.24) is 4.90 Å². The van der Waals surface area contributed by atoms with E-state index in [4.69, 9.17) is 15.2 Å². The number of aryl methyl sites for hydroxylation is 1. The van der Waals surface area contributed by atoms with E-state index < -0.39 is 17.7 Å². The van der Waals surface area contributed by atoms with E-state index in [2.05, 4.69) is 11.8 Å². The van der Waals surface area contributed by atoms with Crippen LogP contribution < -0.4 is 5.73 Å². The standard InChI is InChI=1S/C18H24N2O4/c1-12-10-13(15(19)11-14(12)16(21)23-6)8-7-9-20(5)17(22)24-18(2,3)4/h10-11H,9,19H2,1-6H3. The maximum Gasteiger partial charge on any atom is 0.410 e. The third-order valence-electron chi connectivity index (χ3n) is 3.05. The summed E-state index contributed by atoms with van der Waals surface area (Å²) in [5.74, 6) is 5.35. The second-order valence-corrected chi connectivity index (χ2v) is 6.38. The average Bonchev–Trinajstić information content (AvgIpc) is 2.47. The van der Waals surface area contributed by atoms with E-state index in [0.717, 1.165) is 5.56 Å². The van der Waals surface area contributed by atoms with E-state index in [1.54, 1.807) is 46.9 Å². The number of amides is 1. The van der Waals surface area contributed by atoms with Crippen LogP contribution in [0.4, 0.5) is 10.5 Å². The van der Waals surface area contributed by atoms with Crippen LogP contribution in [0, 0.1) is 18.8 Å². The zero-order valence-electron chi connectivity index (χ0n) is 15.0. The Morgan fingerprint density at radius 1 is 1.29 bits per heavy atom. The molecule has 0 fully saturated rings. The van der Waals surface area contributed by atoms with E-state index in [0.29, 0.717) is 16.8 Å². The van der Waals surface area contributed by atoms with Gasteiger partial charge < -0.3 is 20.1 Å². The summed E-state index contributed by atoms with van der Waals surface area (Å²) in [6.45, 7) is 7.39. The summed E-state index contributed by atoms with van der Waals surface area (Å²) in [5, 5.41) is 0. The number of nitrogen functional groups attached to an aromatic ring is 1. The molecular weight excluding hydrogens is 308 g/mol. The number of carbonyl (C=O) groups is 2. The molecule has 0 aromatic heterocycles. The highest BCUT2D eigenvalue weighted by Crippen LogP contribution is 2.18. The molecule has 0 saturated carbocycles. The summed E-state index contributed by atoms with van der Waals surface area (Å²) in [4.78, 5) is 24.8. The Morgan fingerprint density at radius 3 is 2.46 bits per heavy atom. The Kier molecular flexibility index (Phi) is 6.24. The number of hydrogen-bond donors (Lipinski definition) is 1. The molecule has 6 heteroatoms. The van der Waals surface area contributed by atoms with E-state index in [1.165, 1.54) is 12.0 Å². The van der Waals surface area contributed by atoms with Gasteiger partial charge in [0.1, 0.15) is 5.60 Å². The number of anilines is 1. The molecule has 6 nitrogen and oxygen atoms in total. The zero-order chi connectivity index (χ0) is 18.5. The van der Waals surface area contributed by atoms with Crippen molar-refractivity contribution in [3.05, 3.63) is 28.8 Å². The summed E-state index contributed by atoms with van der Waals surface area (Å²) < 4.78 is 9.94. The lowest BCUT2D eigenvalue weighted by atomic mass is 10.0. The maximum absolute atomic E-state index is 11.8. The van der Waals surface area contributed by atoms with Crippen molar-refractivity contribution in [1.29, 1.82) is 0 Å². The van der Waals surface area contributed by atoms with E-state index in [-0.39, 0.29) is 6.54 Å². The summed E-state index contributed by atoms with van der Waals surface area (Å²) in [6.07, 6.45) is -0.443. The fourth-order valence-electron chi connectivity index (χ4n) is 1.82. The molecule has 0 radical (unpaired) electrons. The van der Waals surface area contributed by atoms with Crippen molar-refractivity contribution < 1.29 is 19.1 Å². The molecule has 2 N–H and O–H groups in total. The minimum atomic E-state index is -0.552. The number of carbonyl (C=O) groups excluding carboxylic acids is 2. The van der Waals surface area contributed by atoms with Gasteiger partial charge in [0.25, 0.3) is 0 Å². The molecule has 0 spiro atoms. The molecule has 130 valence electrons. The number of benzene rings is 1. The van der Waals surface area contributed by atoms with Crippen LogP contribution in [0.2, 0.25) is 0 Å². The Labute approximate surface area is 142 Å². The first-order valence-corrected chi connectivity index (χ1v) is 7.46. The highest BCUT2D eigenvalue weighted by atomic mass is 16.6. The Morgan fingerprint density at radius 2 is 1.92 bits per heavy atom. The van der Waals surface area contributed by atoms with Crippen molar-refractivity contribution in [3.63, 3.8) is 0 Å². The molecule has 0 heterocycles. The molecule has 1 amide bonds. The smallest absolute Gasteiger partial charge is 0.410 e. The highest BCUT2D eigenvalue weighted by molar-refractivity contribution is 5.92. The van der Waals surface area contributed by atoms with Crippen LogP contribution >= 0.6 is 0 Å². The van der Waals surface area contributed by atoms with Crippen LogP contribution in [0.5, 0.6) is 0 Å². The van der Waals surface area contributed by atoms with E-state index in [9.17, 15) is 9.59 Å². The number of rotatable bonds is 2. The van der Waals surface area contributed by atoms with Gasteiger partial charge in [-0.15, -0.1) is 0 Å². The lowest BCUT2D eigenvalue weighted by molar-refractivity contribution is 0.0320. The Hall–Kier alpha value is -2.68. The van der Waals surface area contributed by atoms with Crippen molar-refractivity contribution in [3.8, 4) is 11.8 Å². The van der Waals surface area contributed by atoms with Crippen LogP contribution in [0.25, 0.3) is 0 Å². The monoisotopic (exact) mass is 332 g/mol. The van der Waals surface area contributed by atoms with Gasteiger partial charge in [0, 0.05) is 18.3 Å². The fourth-order valence-corrected chi connectivity index (χ4v) is 1.82. The van der Waals surface area contributed by atoms with Crippen LogP contribution in [-0.4, -0.2) is 43.3 Å². The van der Waals surface area contributed by atoms with Crippen LogP contribution in [0.15, 0.2) is 12.1 Å². The summed E-state index contributed by atoms with van der Waals surface area (Å²) in [7, 11) is 2.93. The molecular formula is C18H24N2O4. The van der Waals surface area contributed by atoms with Crippen LogP contribution in [0.3, 0.4) is 0 Å². The van der Waals surface area contributed by atoms with Gasteiger partial charge in [0.15, 0.2) is 0 Å². The first kappa shape index (κ1) is 19.4. The van der Waals surface area contributed by atoms with E-state index >= 15 is 0 Å². The van der Waals surface area contributed by atoms with Gasteiger partial charge in [0.05, 0.1) is 19.2 Å². The molecule has 1 aromatic carbocycles. The lowest BCUT2D eigenvalue weighted by Gasteiger charge is -2.23. The number of ether oxygens (including phenoxy) is 2. The van der Waals surface area contributed by atoms with Crippen molar-refractivity contribution in [2.45, 2.75) is 33.3 Å². The molecule has 0 aliphatic heterocycles. The number of hydrogen-bond acceptors (Lipinski definition) is 5. The number of esters is 1. The molecule has 0 atom stereocenters. The average molecular weight is 332 g/mol. The topological polar surface area (TPSA) is 81.9 Å². The third-order valence-corrected chi connectivity index (χ3v) is 3.05.